The second-order valence-electron chi connectivity index (χ2n) is 12.7. The Balaban J connectivity index is 1.16. The van der Waals surface area contributed by atoms with Gasteiger partial charge in [-0.05, 0) is 105 Å². The molecule has 7 nitrogen and oxygen atoms in total. The summed E-state index contributed by atoms with van der Waals surface area (Å²) in [5, 5.41) is 3.18. The van der Waals surface area contributed by atoms with Gasteiger partial charge in [0.1, 0.15) is 17.7 Å². The fraction of sp³-hybridized carbons (Fsp3) is 0.444. The summed E-state index contributed by atoms with van der Waals surface area (Å²) in [4.78, 5) is 20.3. The van der Waals surface area contributed by atoms with Gasteiger partial charge in [0.05, 0.1) is 12.4 Å². The minimum atomic E-state index is 0.0291. The number of rotatable bonds is 13. The number of nitrogens with zero attached hydrogens (tertiary/aromatic N) is 5. The van der Waals surface area contributed by atoms with E-state index < -0.39 is 0 Å². The predicted octanol–water partition coefficient (Wildman–Crippen LogP) is 7.77. The molecule has 2 aromatic rings. The average Bonchev–Trinajstić information content (AvgIpc) is 3.85. The molecule has 3 aliphatic rings. The molecule has 0 amide bonds. The molecule has 226 valence electrons. The first kappa shape index (κ1) is 30.6. The molecule has 1 unspecified atom stereocenters. The van der Waals surface area contributed by atoms with Crippen molar-refractivity contribution in [2.24, 2.45) is 21.3 Å². The Hall–Kier alpha value is -3.84. The Morgan fingerprint density at radius 3 is 2.88 bits per heavy atom. The zero-order chi connectivity index (χ0) is 30.2. The molecule has 2 heterocycles. The van der Waals surface area contributed by atoms with Crippen LogP contribution in [-0.2, 0) is 11.2 Å². The molecule has 1 atom stereocenters. The summed E-state index contributed by atoms with van der Waals surface area (Å²) < 4.78 is 6.52. The molecule has 1 saturated carbocycles. The molecule has 0 bridgehead atoms. The normalized spacial score (nSPS) is 20.0. The fourth-order valence-corrected chi connectivity index (χ4v) is 5.64. The molecule has 0 spiro atoms. The Morgan fingerprint density at radius 1 is 1.23 bits per heavy atom. The van der Waals surface area contributed by atoms with Crippen LogP contribution in [0.5, 0.6) is 0 Å². The number of nitrogens with one attached hydrogen (secondary N) is 1. The van der Waals surface area contributed by atoms with Crippen LogP contribution in [0.15, 0.2) is 94.0 Å². The van der Waals surface area contributed by atoms with Gasteiger partial charge in [0.25, 0.3) is 0 Å². The van der Waals surface area contributed by atoms with Crippen LogP contribution in [0.3, 0.4) is 0 Å². The first-order chi connectivity index (χ1) is 20.8. The lowest BCUT2D eigenvalue weighted by atomic mass is 9.80. The van der Waals surface area contributed by atoms with Gasteiger partial charge in [-0.25, -0.2) is 15.0 Å². The number of benzene rings is 1. The Kier molecular flexibility index (Phi) is 10.0. The van der Waals surface area contributed by atoms with Crippen LogP contribution >= 0.6 is 0 Å². The first-order valence-corrected chi connectivity index (χ1v) is 15.6. The van der Waals surface area contributed by atoms with Crippen LogP contribution in [0.4, 0.5) is 5.95 Å². The van der Waals surface area contributed by atoms with E-state index in [-0.39, 0.29) is 11.5 Å². The Morgan fingerprint density at radius 2 is 2.09 bits per heavy atom. The van der Waals surface area contributed by atoms with Crippen LogP contribution in [-0.4, -0.2) is 53.7 Å². The van der Waals surface area contributed by atoms with Crippen molar-refractivity contribution in [2.45, 2.75) is 71.8 Å². The van der Waals surface area contributed by atoms with Crippen molar-refractivity contribution in [1.82, 2.24) is 14.9 Å². The van der Waals surface area contributed by atoms with E-state index in [2.05, 4.69) is 95.7 Å². The number of ether oxygens (including phenoxy) is 1. The summed E-state index contributed by atoms with van der Waals surface area (Å²) >= 11 is 0. The highest BCUT2D eigenvalue weighted by molar-refractivity contribution is 5.73. The summed E-state index contributed by atoms with van der Waals surface area (Å²) in [7, 11) is 0. The van der Waals surface area contributed by atoms with Crippen molar-refractivity contribution in [2.75, 3.05) is 25.1 Å². The van der Waals surface area contributed by atoms with E-state index in [1.807, 2.05) is 6.07 Å². The number of allylic oxidation sites excluding steroid dienone is 5. The van der Waals surface area contributed by atoms with Crippen LogP contribution in [0.25, 0.3) is 11.3 Å². The van der Waals surface area contributed by atoms with E-state index in [1.54, 1.807) is 24.1 Å². The maximum absolute atomic E-state index is 6.52. The van der Waals surface area contributed by atoms with Crippen molar-refractivity contribution in [3.63, 3.8) is 0 Å². The molecule has 2 fully saturated rings. The summed E-state index contributed by atoms with van der Waals surface area (Å²) in [5.74, 6) is 2.91. The van der Waals surface area contributed by atoms with Crippen molar-refractivity contribution in [1.29, 1.82) is 0 Å². The van der Waals surface area contributed by atoms with Crippen molar-refractivity contribution in [3.05, 3.63) is 89.6 Å². The van der Waals surface area contributed by atoms with Gasteiger partial charge >= 0.3 is 0 Å². The number of aliphatic imine (C=N–C) groups is 2. The molecule has 1 aromatic heterocycles. The van der Waals surface area contributed by atoms with E-state index in [0.29, 0.717) is 18.4 Å². The van der Waals surface area contributed by atoms with Gasteiger partial charge in [-0.2, -0.15) is 0 Å². The molecular weight excluding hydrogens is 532 g/mol. The SMILES string of the molecule is C=N/C(=C\C=N/CN1CCCC(OC2=C(C3CC3)CCC=C2)C1)Nc1nccc(-c2cccc(CC(C)(C)C(=C)C)c2)n1. The third kappa shape index (κ3) is 8.60. The van der Waals surface area contributed by atoms with E-state index in [0.717, 1.165) is 68.1 Å². The molecule has 1 N–H and O–H groups in total. The van der Waals surface area contributed by atoms with E-state index in [9.17, 15) is 0 Å². The third-order valence-electron chi connectivity index (χ3n) is 8.70. The maximum atomic E-state index is 6.52. The zero-order valence-electron chi connectivity index (χ0n) is 26.1. The highest BCUT2D eigenvalue weighted by Crippen LogP contribution is 2.42. The summed E-state index contributed by atoms with van der Waals surface area (Å²) in [6, 6.07) is 10.4. The molecule has 7 heteroatoms. The standard InChI is InChI=1S/C36H46N6O/c1-26(2)36(3,4)23-27-10-8-11-29(22-27)32-17-20-39-35(40-32)41-34(37-5)18-19-38-25-42-21-9-12-30(24-42)43-33-14-7-6-13-31(33)28-15-16-28/h7-8,10-11,14,17-20,22,28,30H,1,5-6,9,12-13,15-16,21,23-25H2,2-4H3,(H,39,40,41)/b34-18+,38-19-. The van der Waals surface area contributed by atoms with E-state index in [1.165, 1.54) is 24.0 Å². The minimum absolute atomic E-state index is 0.0291. The molecule has 2 aliphatic carbocycles. The quantitative estimate of drug-likeness (QED) is 0.194. The summed E-state index contributed by atoms with van der Waals surface area (Å²) in [6.45, 7) is 17.0. The Labute approximate surface area is 257 Å². The molecule has 5 rings (SSSR count). The molecule has 43 heavy (non-hydrogen) atoms. The number of anilines is 1. The number of hydrogen-bond donors (Lipinski definition) is 1. The smallest absolute Gasteiger partial charge is 0.228 e. The van der Waals surface area contributed by atoms with Gasteiger partial charge in [-0.1, -0.05) is 50.3 Å². The van der Waals surface area contributed by atoms with Crippen LogP contribution in [0.1, 0.15) is 64.9 Å². The molecule has 1 aromatic carbocycles. The van der Waals surface area contributed by atoms with E-state index in [4.69, 9.17) is 9.72 Å². The second-order valence-corrected chi connectivity index (χ2v) is 12.7. The lowest BCUT2D eigenvalue weighted by Crippen LogP contribution is -2.39. The fourth-order valence-electron chi connectivity index (χ4n) is 5.64. The lowest BCUT2D eigenvalue weighted by molar-refractivity contribution is 0.0444. The Bertz CT molecular complexity index is 1430. The average molecular weight is 579 g/mol. The van der Waals surface area contributed by atoms with Crippen LogP contribution in [0, 0.1) is 11.3 Å². The zero-order valence-corrected chi connectivity index (χ0v) is 26.1. The van der Waals surface area contributed by atoms with Gasteiger partial charge in [0.15, 0.2) is 0 Å². The summed E-state index contributed by atoms with van der Waals surface area (Å²) in [6.07, 6.45) is 18.1. The molecule has 1 saturated heterocycles. The molecule has 1 aliphatic heterocycles. The largest absolute Gasteiger partial charge is 0.489 e. The van der Waals surface area contributed by atoms with Crippen LogP contribution < -0.4 is 5.32 Å². The van der Waals surface area contributed by atoms with Crippen molar-refractivity contribution >= 4 is 18.9 Å². The van der Waals surface area contributed by atoms with Gasteiger partial charge in [0, 0.05) is 31.1 Å². The second kappa shape index (κ2) is 14.1. The molecular formula is C36H46N6O. The monoisotopic (exact) mass is 578 g/mol. The van der Waals surface area contributed by atoms with E-state index >= 15 is 0 Å². The summed E-state index contributed by atoms with van der Waals surface area (Å²) in [5.41, 5.74) is 5.89. The lowest BCUT2D eigenvalue weighted by Gasteiger charge is -2.33. The molecule has 0 radical (unpaired) electrons. The van der Waals surface area contributed by atoms with Gasteiger partial charge in [0.2, 0.25) is 5.95 Å². The number of likely N-dealkylation sites (tertiary alicyclic amines) is 1. The van der Waals surface area contributed by atoms with Gasteiger partial charge in [-0.15, -0.1) is 0 Å². The third-order valence-corrected chi connectivity index (χ3v) is 8.70. The maximum Gasteiger partial charge on any atom is 0.228 e. The minimum Gasteiger partial charge on any atom is -0.489 e. The highest BCUT2D eigenvalue weighted by Gasteiger charge is 2.31. The van der Waals surface area contributed by atoms with Gasteiger partial charge < -0.3 is 10.1 Å². The topological polar surface area (TPSA) is 75.0 Å². The number of aromatic nitrogens is 2. The van der Waals surface area contributed by atoms with Crippen molar-refractivity contribution in [3.8, 4) is 11.3 Å². The van der Waals surface area contributed by atoms with Crippen molar-refractivity contribution < 1.29 is 4.74 Å². The van der Waals surface area contributed by atoms with Gasteiger partial charge in [-0.3, -0.25) is 9.89 Å². The number of hydrogen-bond acceptors (Lipinski definition) is 7. The number of piperidine rings is 1. The predicted molar refractivity (Wildman–Crippen MR) is 178 cm³/mol. The first-order valence-electron chi connectivity index (χ1n) is 15.6. The highest BCUT2D eigenvalue weighted by atomic mass is 16.5. The van der Waals surface area contributed by atoms with Crippen LogP contribution in [0.2, 0.25) is 0 Å².